The van der Waals surface area contributed by atoms with Crippen LogP contribution in [-0.2, 0) is 19.2 Å². The van der Waals surface area contributed by atoms with Crippen molar-refractivity contribution in [1.29, 1.82) is 0 Å². The third-order valence-electron chi connectivity index (χ3n) is 3.31. The summed E-state index contributed by atoms with van der Waals surface area (Å²) in [6.45, 7) is 1.64. The largest absolute Gasteiger partial charge is 1.00 e. The van der Waals surface area contributed by atoms with Gasteiger partial charge in [-0.05, 0) is 36.2 Å². The summed E-state index contributed by atoms with van der Waals surface area (Å²) in [6.07, 6.45) is 0.500. The van der Waals surface area contributed by atoms with Crippen LogP contribution in [0.4, 0.5) is 23.3 Å². The Morgan fingerprint density at radius 1 is 0.730 bits per heavy atom. The van der Waals surface area contributed by atoms with Crippen LogP contribution in [0.25, 0.3) is 0 Å². The van der Waals surface area contributed by atoms with E-state index in [0.29, 0.717) is 11.5 Å². The van der Waals surface area contributed by atoms with E-state index in [0.717, 1.165) is 6.07 Å². The summed E-state index contributed by atoms with van der Waals surface area (Å²) in [5, 5.41) is 27.9. The van der Waals surface area contributed by atoms with E-state index in [2.05, 4.69) is 37.7 Å². The summed E-state index contributed by atoms with van der Waals surface area (Å²) in [5.41, 5.74) is 0.165. The first kappa shape index (κ1) is 42.8. The van der Waals surface area contributed by atoms with Crippen LogP contribution in [0.1, 0.15) is 26.5 Å². The molecule has 3 aromatic rings. The number of aromatic nitrogens is 3. The maximum Gasteiger partial charge on any atom is 1.00 e. The van der Waals surface area contributed by atoms with Crippen LogP contribution in [0.3, 0.4) is 0 Å². The molecule has 1 aromatic heterocycles. The minimum atomic E-state index is -1.52. The second kappa shape index (κ2) is 23.8. The number of aryl methyl sites for hydroxylation is 1. The number of aromatic carboxylic acids is 2. The van der Waals surface area contributed by atoms with Crippen molar-refractivity contribution in [3.8, 4) is 0 Å². The van der Waals surface area contributed by atoms with Crippen molar-refractivity contribution in [2.24, 2.45) is 0 Å². The molecule has 13 nitrogen and oxygen atoms in total. The second-order valence-electron chi connectivity index (χ2n) is 5.54. The number of hydrogen-bond donors (Lipinski definition) is 2. The van der Waals surface area contributed by atoms with E-state index in [1.807, 2.05) is 0 Å². The molecule has 0 unspecified atom stereocenters. The molecule has 0 spiro atoms. The Labute approximate surface area is 298 Å². The SMILES string of the molecule is Cc1nc(Nc2c[c-]c[c-]c2)nc(Nc2cc(C(=O)[O-])cc(C(=O)[O-])c2)n1.O=C=O.O=C=O.[Na+].[Na+].[Na+].[Na+]. The summed E-state index contributed by atoms with van der Waals surface area (Å²) in [7, 11) is 0. The van der Waals surface area contributed by atoms with Crippen molar-refractivity contribution in [3.63, 3.8) is 0 Å². The number of carbonyl (C=O) groups is 2. The molecule has 0 aliphatic rings. The first-order chi connectivity index (χ1) is 15.7. The number of nitrogens with zero attached hydrogens (tertiary/aromatic N) is 3. The zero-order valence-corrected chi connectivity index (χ0v) is 28.6. The summed E-state index contributed by atoms with van der Waals surface area (Å²) in [4.78, 5) is 67.1. The molecule has 0 fully saturated rings. The summed E-state index contributed by atoms with van der Waals surface area (Å²) in [5.74, 6) is -2.34. The summed E-state index contributed by atoms with van der Waals surface area (Å²) in [6, 6.07) is 14.0. The van der Waals surface area contributed by atoms with Gasteiger partial charge in [0.05, 0.1) is 11.9 Å². The van der Waals surface area contributed by atoms with Gasteiger partial charge in [0.15, 0.2) is 0 Å². The van der Waals surface area contributed by atoms with E-state index in [1.165, 1.54) is 12.1 Å². The van der Waals surface area contributed by atoms with Gasteiger partial charge in [0.25, 0.3) is 0 Å². The molecule has 17 heteroatoms. The number of carboxylic acids is 2. The number of benzene rings is 2. The van der Waals surface area contributed by atoms with Crippen molar-refractivity contribution in [3.05, 3.63) is 65.5 Å². The Balaban J connectivity index is -0.000000498. The number of anilines is 4. The monoisotopic (exact) mass is 541 g/mol. The minimum absolute atomic E-state index is 0. The van der Waals surface area contributed by atoms with Crippen LogP contribution in [0.5, 0.6) is 0 Å². The number of carboxylic acid groups (broad SMARTS) is 2. The van der Waals surface area contributed by atoms with E-state index in [4.69, 9.17) is 19.2 Å². The van der Waals surface area contributed by atoms with Crippen molar-refractivity contribution < 1.29 is 157 Å². The molecule has 168 valence electrons. The van der Waals surface area contributed by atoms with Gasteiger partial charge in [-0.1, -0.05) is 0 Å². The molecule has 2 N–H and O–H groups in total. The Hall–Kier alpha value is -1.25. The molecule has 0 atom stereocenters. The van der Waals surface area contributed by atoms with E-state index in [1.54, 1.807) is 25.1 Å². The van der Waals surface area contributed by atoms with Crippen molar-refractivity contribution in [2.45, 2.75) is 6.92 Å². The Morgan fingerprint density at radius 2 is 1.11 bits per heavy atom. The Bertz CT molecular complexity index is 1160. The van der Waals surface area contributed by atoms with Crippen molar-refractivity contribution in [1.82, 2.24) is 15.0 Å². The van der Waals surface area contributed by atoms with Crippen LogP contribution in [-0.4, -0.2) is 39.2 Å². The molecule has 3 rings (SSSR count). The Kier molecular flexibility index (Phi) is 27.6. The van der Waals surface area contributed by atoms with E-state index >= 15 is 0 Å². The third kappa shape index (κ3) is 17.1. The summed E-state index contributed by atoms with van der Waals surface area (Å²) >= 11 is 0. The predicted octanol–water partition coefficient (Wildman–Crippen LogP) is -13.2. The van der Waals surface area contributed by atoms with Crippen LogP contribution >= 0.6 is 0 Å². The molecule has 0 saturated carbocycles. The first-order valence-corrected chi connectivity index (χ1v) is 8.44. The molecule has 0 aliphatic heterocycles. The minimum Gasteiger partial charge on any atom is -0.545 e. The zero-order valence-electron chi connectivity index (χ0n) is 20.6. The number of rotatable bonds is 6. The summed E-state index contributed by atoms with van der Waals surface area (Å²) < 4.78 is 0. The smallest absolute Gasteiger partial charge is 0.545 e. The average Bonchev–Trinajstić information content (AvgIpc) is 2.75. The molecule has 0 saturated heterocycles. The normalized spacial score (nSPS) is 7.92. The van der Waals surface area contributed by atoms with Crippen molar-refractivity contribution in [2.75, 3.05) is 10.6 Å². The fraction of sp³-hybridized carbons (Fsp3) is 0.0500. The van der Waals surface area contributed by atoms with Gasteiger partial charge in [-0.15, -0.1) is 0 Å². The molecule has 0 amide bonds. The van der Waals surface area contributed by atoms with Crippen LogP contribution < -0.4 is 139 Å². The van der Waals surface area contributed by atoms with E-state index in [-0.39, 0.29) is 159 Å². The van der Waals surface area contributed by atoms with Gasteiger partial charge < -0.3 is 48.6 Å². The quantitative estimate of drug-likeness (QED) is 0.220. The van der Waals surface area contributed by atoms with Crippen LogP contribution in [0.15, 0.2) is 36.4 Å². The zero-order chi connectivity index (χ0) is 24.8. The van der Waals surface area contributed by atoms with Gasteiger partial charge in [0.2, 0.25) is 11.9 Å². The molecule has 0 aliphatic carbocycles. The maximum atomic E-state index is 11.1. The van der Waals surface area contributed by atoms with Crippen molar-refractivity contribution >= 4 is 47.5 Å². The third-order valence-corrected chi connectivity index (χ3v) is 3.31. The number of nitrogens with one attached hydrogen (secondary N) is 2. The number of hydrogen-bond acceptors (Lipinski definition) is 13. The second-order valence-corrected chi connectivity index (χ2v) is 5.54. The number of carbonyl (C=O) groups excluding carboxylic acids is 6. The fourth-order valence-corrected chi connectivity index (χ4v) is 2.21. The maximum absolute atomic E-state index is 11.1. The average molecular weight is 541 g/mol. The van der Waals surface area contributed by atoms with Gasteiger partial charge in [0, 0.05) is 5.69 Å². The molecular weight excluding hydrogens is 530 g/mol. The molecule has 2 aromatic carbocycles. The van der Waals surface area contributed by atoms with Gasteiger partial charge in [-0.2, -0.15) is 39.8 Å². The predicted molar refractivity (Wildman–Crippen MR) is 100 cm³/mol. The Morgan fingerprint density at radius 3 is 1.49 bits per heavy atom. The van der Waals surface area contributed by atoms with Gasteiger partial charge in [0.1, 0.15) is 5.82 Å². The van der Waals surface area contributed by atoms with Gasteiger partial charge >= 0.3 is 131 Å². The van der Waals surface area contributed by atoms with Crippen LogP contribution in [0, 0.1) is 19.1 Å². The van der Waals surface area contributed by atoms with Gasteiger partial charge in [-0.3, -0.25) is 12.1 Å². The molecular formula is C20H11N5Na4O8. The van der Waals surface area contributed by atoms with Gasteiger partial charge in [-0.25, -0.2) is 0 Å². The molecule has 1 heterocycles. The first-order valence-electron chi connectivity index (χ1n) is 8.44. The van der Waals surface area contributed by atoms with E-state index < -0.39 is 11.9 Å². The topological polar surface area (TPSA) is 211 Å². The molecule has 0 radical (unpaired) electrons. The standard InChI is InChI=1S/C18H13N5O4.2CO2.4Na/c1-10-19-17(21-13-5-3-2-4-6-13)23-18(20-10)22-14-8-11(15(24)25)7-12(9-14)16(26)27;2*2-1-3;;;;/h2,5-9H,1H3,(H,24,25)(H,26,27)(H2,19,20,21,22,23);;;;;;/q-2;;;4*+1/p-2. The van der Waals surface area contributed by atoms with E-state index in [9.17, 15) is 19.8 Å². The fourth-order valence-electron chi connectivity index (χ4n) is 2.21. The van der Waals surface area contributed by atoms with Crippen LogP contribution in [0.2, 0.25) is 0 Å². The molecule has 0 bridgehead atoms. The molecule has 37 heavy (non-hydrogen) atoms.